The van der Waals surface area contributed by atoms with E-state index < -0.39 is 41.3 Å². The first-order chi connectivity index (χ1) is 10.1. The summed E-state index contributed by atoms with van der Waals surface area (Å²) >= 11 is 0.302. The number of rotatable bonds is 3. The molecule has 0 aliphatic carbocycles. The smallest absolute Gasteiger partial charge is 0.443 e. The third-order valence-corrected chi connectivity index (χ3v) is 3.91. The second-order valence-electron chi connectivity index (χ2n) is 4.39. The SMILES string of the molecule is Cc1sc(C(F)(F)F)nc1C1(CNC(=O)O)NC(=O)NC1=O. The maximum atomic E-state index is 12.7. The molecule has 1 unspecified atom stereocenters. The Kier molecular flexibility index (Phi) is 3.73. The molecule has 12 heteroatoms. The Hall–Kier alpha value is -2.37. The molecule has 2 rings (SSSR count). The standard InChI is InChI=1S/C10H9F3N4O4S/c1-3-4(15-6(22-3)10(11,12)13)9(2-14-8(20)21)5(18)16-7(19)17-9/h14H,2H2,1H3,(H,20,21)(H2,16,17,18,19). The minimum Gasteiger partial charge on any atom is -0.465 e. The van der Waals surface area contributed by atoms with E-state index in [-0.39, 0.29) is 10.6 Å². The Morgan fingerprint density at radius 2 is 2.09 bits per heavy atom. The Bertz CT molecular complexity index is 659. The number of aromatic nitrogens is 1. The summed E-state index contributed by atoms with van der Waals surface area (Å²) in [5.74, 6) is -0.978. The third-order valence-electron chi connectivity index (χ3n) is 2.89. The molecule has 0 bridgehead atoms. The molecule has 1 aromatic heterocycles. The van der Waals surface area contributed by atoms with Gasteiger partial charge in [-0.2, -0.15) is 13.2 Å². The van der Waals surface area contributed by atoms with E-state index in [1.165, 1.54) is 6.92 Å². The van der Waals surface area contributed by atoms with Gasteiger partial charge in [-0.25, -0.2) is 14.6 Å². The van der Waals surface area contributed by atoms with Gasteiger partial charge in [0.2, 0.25) is 0 Å². The summed E-state index contributed by atoms with van der Waals surface area (Å²) in [6.07, 6.45) is -6.22. The van der Waals surface area contributed by atoms with Crippen LogP contribution in [0.4, 0.5) is 22.8 Å². The molecule has 1 atom stereocenters. The maximum Gasteiger partial charge on any atom is 0.443 e. The average Bonchev–Trinajstić information content (AvgIpc) is 2.88. The van der Waals surface area contributed by atoms with E-state index in [2.05, 4.69) is 10.3 Å². The van der Waals surface area contributed by atoms with Crippen LogP contribution in [-0.2, 0) is 16.5 Å². The first-order valence-corrected chi connectivity index (χ1v) is 6.53. The molecular weight excluding hydrogens is 329 g/mol. The van der Waals surface area contributed by atoms with Gasteiger partial charge in [-0.1, -0.05) is 0 Å². The molecule has 2 heterocycles. The molecule has 0 radical (unpaired) electrons. The number of carboxylic acid groups (broad SMARTS) is 1. The molecule has 4 N–H and O–H groups in total. The summed E-state index contributed by atoms with van der Waals surface area (Å²) < 4.78 is 38.2. The zero-order chi connectivity index (χ0) is 16.7. The van der Waals surface area contributed by atoms with Crippen molar-refractivity contribution in [3.63, 3.8) is 0 Å². The molecule has 1 aromatic rings. The number of thiazole rings is 1. The Labute approximate surface area is 124 Å². The van der Waals surface area contributed by atoms with Crippen molar-refractivity contribution in [1.29, 1.82) is 0 Å². The molecule has 8 nitrogen and oxygen atoms in total. The summed E-state index contributed by atoms with van der Waals surface area (Å²) in [6, 6.07) is -0.946. The molecule has 0 spiro atoms. The van der Waals surface area contributed by atoms with Gasteiger partial charge in [0.1, 0.15) is 0 Å². The van der Waals surface area contributed by atoms with Gasteiger partial charge in [0.15, 0.2) is 10.5 Å². The molecule has 1 saturated heterocycles. The van der Waals surface area contributed by atoms with Crippen molar-refractivity contribution in [2.45, 2.75) is 18.6 Å². The van der Waals surface area contributed by atoms with E-state index in [0.29, 0.717) is 11.3 Å². The zero-order valence-corrected chi connectivity index (χ0v) is 11.7. The summed E-state index contributed by atoms with van der Waals surface area (Å²) in [5, 5.41) is 13.3. The van der Waals surface area contributed by atoms with E-state index in [9.17, 15) is 27.6 Å². The van der Waals surface area contributed by atoms with Crippen molar-refractivity contribution in [2.24, 2.45) is 0 Å². The van der Waals surface area contributed by atoms with Crippen molar-refractivity contribution in [2.75, 3.05) is 6.54 Å². The number of aryl methyl sites for hydroxylation is 1. The first-order valence-electron chi connectivity index (χ1n) is 5.72. The lowest BCUT2D eigenvalue weighted by atomic mass is 9.94. The van der Waals surface area contributed by atoms with Gasteiger partial charge >= 0.3 is 18.3 Å². The Balaban J connectivity index is 2.51. The van der Waals surface area contributed by atoms with Crippen LogP contribution in [0.2, 0.25) is 0 Å². The van der Waals surface area contributed by atoms with E-state index >= 15 is 0 Å². The Morgan fingerprint density at radius 1 is 1.45 bits per heavy atom. The number of nitrogens with one attached hydrogen (secondary N) is 3. The average molecular weight is 338 g/mol. The lowest BCUT2D eigenvalue weighted by Gasteiger charge is -2.24. The van der Waals surface area contributed by atoms with Crippen LogP contribution in [0.5, 0.6) is 0 Å². The summed E-state index contributed by atoms with van der Waals surface area (Å²) in [6.45, 7) is 0.643. The minimum absolute atomic E-state index is 0.0388. The van der Waals surface area contributed by atoms with Crippen molar-refractivity contribution < 1.29 is 32.7 Å². The highest BCUT2D eigenvalue weighted by Crippen LogP contribution is 2.37. The molecule has 22 heavy (non-hydrogen) atoms. The second kappa shape index (κ2) is 5.12. The van der Waals surface area contributed by atoms with Gasteiger partial charge in [0.25, 0.3) is 5.91 Å². The number of carbonyl (C=O) groups is 3. The molecule has 4 amide bonds. The molecule has 0 saturated carbocycles. The fourth-order valence-corrected chi connectivity index (χ4v) is 2.85. The van der Waals surface area contributed by atoms with Gasteiger partial charge in [0.05, 0.1) is 12.2 Å². The highest BCUT2D eigenvalue weighted by atomic mass is 32.1. The summed E-state index contributed by atoms with van der Waals surface area (Å²) in [5.41, 5.74) is -2.36. The predicted molar refractivity (Wildman–Crippen MR) is 66.2 cm³/mol. The second-order valence-corrected chi connectivity index (χ2v) is 5.60. The van der Waals surface area contributed by atoms with Gasteiger partial charge in [0, 0.05) is 4.88 Å². The molecule has 120 valence electrons. The topological polar surface area (TPSA) is 120 Å². The molecule has 1 aliphatic rings. The maximum absolute atomic E-state index is 12.7. The number of hydrogen-bond donors (Lipinski definition) is 4. The van der Waals surface area contributed by atoms with Crippen LogP contribution in [0.1, 0.15) is 15.6 Å². The fourth-order valence-electron chi connectivity index (χ4n) is 1.99. The third kappa shape index (κ3) is 2.68. The van der Waals surface area contributed by atoms with Crippen LogP contribution in [0.3, 0.4) is 0 Å². The molecule has 1 fully saturated rings. The van der Waals surface area contributed by atoms with Gasteiger partial charge < -0.3 is 15.7 Å². The van der Waals surface area contributed by atoms with Crippen molar-refractivity contribution >= 4 is 29.4 Å². The van der Waals surface area contributed by atoms with E-state index in [1.807, 2.05) is 10.6 Å². The van der Waals surface area contributed by atoms with Gasteiger partial charge in [-0.05, 0) is 6.92 Å². The van der Waals surface area contributed by atoms with Crippen LogP contribution in [-0.4, -0.2) is 34.7 Å². The lowest BCUT2D eigenvalue weighted by Crippen LogP contribution is -2.53. The van der Waals surface area contributed by atoms with Crippen molar-refractivity contribution in [3.8, 4) is 0 Å². The van der Waals surface area contributed by atoms with Crippen LogP contribution >= 0.6 is 11.3 Å². The fraction of sp³-hybridized carbons (Fsp3) is 0.400. The lowest BCUT2D eigenvalue weighted by molar-refractivity contribution is -0.138. The van der Waals surface area contributed by atoms with Crippen LogP contribution in [0.15, 0.2) is 0 Å². The van der Waals surface area contributed by atoms with Crippen molar-refractivity contribution in [3.05, 3.63) is 15.6 Å². The molecular formula is C10H9F3N4O4S. The monoisotopic (exact) mass is 338 g/mol. The number of amides is 4. The number of alkyl halides is 3. The first kappa shape index (κ1) is 16.0. The highest BCUT2D eigenvalue weighted by molar-refractivity contribution is 7.11. The summed E-state index contributed by atoms with van der Waals surface area (Å²) in [7, 11) is 0. The minimum atomic E-state index is -4.71. The number of imide groups is 1. The number of hydrogen-bond acceptors (Lipinski definition) is 5. The molecule has 0 aromatic carbocycles. The number of urea groups is 1. The van der Waals surface area contributed by atoms with Gasteiger partial charge in [-0.15, -0.1) is 11.3 Å². The number of carbonyl (C=O) groups excluding carboxylic acids is 2. The molecule has 1 aliphatic heterocycles. The quantitative estimate of drug-likeness (QED) is 0.607. The van der Waals surface area contributed by atoms with E-state index in [4.69, 9.17) is 5.11 Å². The largest absolute Gasteiger partial charge is 0.465 e. The van der Waals surface area contributed by atoms with Gasteiger partial charge in [-0.3, -0.25) is 10.1 Å². The van der Waals surface area contributed by atoms with Crippen LogP contribution in [0, 0.1) is 6.92 Å². The Morgan fingerprint density at radius 3 is 2.50 bits per heavy atom. The van der Waals surface area contributed by atoms with Crippen LogP contribution < -0.4 is 16.0 Å². The normalized spacial score (nSPS) is 21.5. The van der Waals surface area contributed by atoms with Crippen molar-refractivity contribution in [1.82, 2.24) is 20.9 Å². The van der Waals surface area contributed by atoms with E-state index in [0.717, 1.165) is 0 Å². The summed E-state index contributed by atoms with van der Waals surface area (Å²) in [4.78, 5) is 37.4. The predicted octanol–water partition coefficient (Wildman–Crippen LogP) is 0.773. The zero-order valence-electron chi connectivity index (χ0n) is 10.9. The number of halogens is 3. The highest BCUT2D eigenvalue weighted by Gasteiger charge is 2.52. The van der Waals surface area contributed by atoms with Crippen LogP contribution in [0.25, 0.3) is 0 Å². The van der Waals surface area contributed by atoms with E-state index in [1.54, 1.807) is 0 Å². The number of nitrogens with zero attached hydrogens (tertiary/aromatic N) is 1.